The summed E-state index contributed by atoms with van der Waals surface area (Å²) in [4.78, 5) is 4.21. The molecule has 2 saturated heterocycles. The fraction of sp³-hybridized carbons (Fsp3) is 0.435. The lowest BCUT2D eigenvalue weighted by atomic mass is 10.00. The van der Waals surface area contributed by atoms with Crippen molar-refractivity contribution in [3.8, 4) is 16.7 Å². The molecule has 0 amide bonds. The van der Waals surface area contributed by atoms with E-state index in [1.165, 1.54) is 23.7 Å². The van der Waals surface area contributed by atoms with Gasteiger partial charge in [-0.15, -0.1) is 0 Å². The molecule has 2 aliphatic heterocycles. The molecule has 3 heterocycles. The zero-order chi connectivity index (χ0) is 23.0. The minimum absolute atomic E-state index is 0.122. The predicted octanol–water partition coefficient (Wildman–Crippen LogP) is 4.15. The summed E-state index contributed by atoms with van der Waals surface area (Å²) in [5.41, 5.74) is 0.319. The molecular weight excluding hydrogens is 465 g/mol. The molecule has 3 aromatic rings. The van der Waals surface area contributed by atoms with Gasteiger partial charge in [0.25, 0.3) is 5.19 Å². The molecule has 0 aliphatic carbocycles. The molecule has 2 aromatic carbocycles. The molecule has 2 aliphatic rings. The van der Waals surface area contributed by atoms with Crippen LogP contribution in [0.4, 0.5) is 4.39 Å². The maximum atomic E-state index is 13.8. The van der Waals surface area contributed by atoms with Gasteiger partial charge >= 0.3 is 0 Å². The van der Waals surface area contributed by atoms with Gasteiger partial charge in [0.05, 0.1) is 11.0 Å². The van der Waals surface area contributed by atoms with Crippen molar-refractivity contribution >= 4 is 31.6 Å². The first-order valence-electron chi connectivity index (χ1n) is 11.0. The average molecular weight is 492 g/mol. The van der Waals surface area contributed by atoms with Crippen LogP contribution in [-0.4, -0.2) is 55.2 Å². The van der Waals surface area contributed by atoms with Gasteiger partial charge < -0.3 is 14.8 Å². The Balaban J connectivity index is 1.08. The number of hydrogen-bond donors (Lipinski definition) is 1. The van der Waals surface area contributed by atoms with Gasteiger partial charge in [-0.25, -0.2) is 12.8 Å². The van der Waals surface area contributed by atoms with Crippen molar-refractivity contribution in [2.24, 2.45) is 0 Å². The van der Waals surface area contributed by atoms with Gasteiger partial charge in [0, 0.05) is 24.7 Å². The van der Waals surface area contributed by atoms with Crippen molar-refractivity contribution in [1.82, 2.24) is 14.6 Å². The number of hydrogen-bond acceptors (Lipinski definition) is 7. The first-order chi connectivity index (χ1) is 15.9. The van der Waals surface area contributed by atoms with E-state index in [4.69, 9.17) is 9.47 Å². The Bertz CT molecular complexity index is 1220. The van der Waals surface area contributed by atoms with E-state index in [2.05, 4.69) is 10.3 Å². The first-order valence-corrected chi connectivity index (χ1v) is 13.7. The Hall–Kier alpha value is -2.27. The molecule has 0 saturated carbocycles. The van der Waals surface area contributed by atoms with Gasteiger partial charge in [-0.3, -0.25) is 0 Å². The second-order valence-electron chi connectivity index (χ2n) is 8.59. The summed E-state index contributed by atoms with van der Waals surface area (Å²) in [6.07, 6.45) is 4.92. The van der Waals surface area contributed by atoms with Crippen molar-refractivity contribution < 1.29 is 22.3 Å². The number of nitrogens with zero attached hydrogens (tertiary/aromatic N) is 2. The topological polar surface area (TPSA) is 80.8 Å². The molecule has 5 rings (SSSR count). The van der Waals surface area contributed by atoms with Crippen LogP contribution in [0.5, 0.6) is 16.7 Å². The SMILES string of the molecule is CS(=O)(=O)N1C2CCC1CC(NCCOc1ccc(Oc3nc4c(F)cccc4s3)cc1)C2. The van der Waals surface area contributed by atoms with Crippen molar-refractivity contribution in [3.05, 3.63) is 48.3 Å². The normalized spacial score (nSPS) is 23.2. The van der Waals surface area contributed by atoms with Crippen LogP contribution in [0, 0.1) is 5.82 Å². The summed E-state index contributed by atoms with van der Waals surface area (Å²) >= 11 is 1.30. The van der Waals surface area contributed by atoms with Crippen LogP contribution in [0.15, 0.2) is 42.5 Å². The number of fused-ring (bicyclic) bond motifs is 3. The number of benzene rings is 2. The van der Waals surface area contributed by atoms with Crippen LogP contribution < -0.4 is 14.8 Å². The Morgan fingerprint density at radius 3 is 2.48 bits per heavy atom. The maximum Gasteiger partial charge on any atom is 0.279 e. The number of halogens is 1. The van der Waals surface area contributed by atoms with Crippen molar-refractivity contribution in [2.75, 3.05) is 19.4 Å². The van der Waals surface area contributed by atoms with E-state index in [1.54, 1.807) is 22.5 Å². The number of para-hydroxylation sites is 1. The Kier molecular flexibility index (Phi) is 6.26. The van der Waals surface area contributed by atoms with Crippen LogP contribution >= 0.6 is 11.3 Å². The summed E-state index contributed by atoms with van der Waals surface area (Å²) in [6.45, 7) is 1.21. The fourth-order valence-electron chi connectivity index (χ4n) is 4.92. The molecule has 2 atom stereocenters. The second kappa shape index (κ2) is 9.17. The third kappa shape index (κ3) is 4.98. The zero-order valence-corrected chi connectivity index (χ0v) is 19.9. The van der Waals surface area contributed by atoms with E-state index in [0.29, 0.717) is 35.7 Å². The summed E-state index contributed by atoms with van der Waals surface area (Å²) in [5.74, 6) is 0.976. The number of sulfonamides is 1. The van der Waals surface area contributed by atoms with E-state index in [0.717, 1.165) is 36.1 Å². The van der Waals surface area contributed by atoms with Gasteiger partial charge in [-0.2, -0.15) is 9.29 Å². The summed E-state index contributed by atoms with van der Waals surface area (Å²) in [7, 11) is -3.13. The number of ether oxygens (including phenoxy) is 2. The van der Waals surface area contributed by atoms with Crippen LogP contribution in [0.2, 0.25) is 0 Å². The van der Waals surface area contributed by atoms with E-state index in [1.807, 2.05) is 18.2 Å². The highest BCUT2D eigenvalue weighted by Crippen LogP contribution is 2.37. The van der Waals surface area contributed by atoms with Gasteiger partial charge in [-0.05, 0) is 62.1 Å². The smallest absolute Gasteiger partial charge is 0.279 e. The quantitative estimate of drug-likeness (QED) is 0.477. The summed E-state index contributed by atoms with van der Waals surface area (Å²) in [6, 6.07) is 12.7. The third-order valence-electron chi connectivity index (χ3n) is 6.23. The van der Waals surface area contributed by atoms with Gasteiger partial charge in [0.1, 0.15) is 29.4 Å². The molecule has 10 heteroatoms. The predicted molar refractivity (Wildman–Crippen MR) is 126 cm³/mol. The van der Waals surface area contributed by atoms with Crippen LogP contribution in [-0.2, 0) is 10.0 Å². The first kappa shape index (κ1) is 22.5. The average Bonchev–Trinajstić information content (AvgIpc) is 3.31. The largest absolute Gasteiger partial charge is 0.492 e. The number of aromatic nitrogens is 1. The summed E-state index contributed by atoms with van der Waals surface area (Å²) < 4.78 is 51.9. The molecule has 1 N–H and O–H groups in total. The number of thiazole rings is 1. The van der Waals surface area contributed by atoms with Crippen molar-refractivity contribution in [1.29, 1.82) is 0 Å². The van der Waals surface area contributed by atoms with Gasteiger partial charge in [0.15, 0.2) is 0 Å². The molecular formula is C23H26FN3O4S2. The maximum absolute atomic E-state index is 13.8. The third-order valence-corrected chi connectivity index (χ3v) is 8.49. The molecule has 0 radical (unpaired) electrons. The number of nitrogens with one attached hydrogen (secondary N) is 1. The summed E-state index contributed by atoms with van der Waals surface area (Å²) in [5, 5.41) is 3.91. The second-order valence-corrected chi connectivity index (χ2v) is 11.5. The minimum Gasteiger partial charge on any atom is -0.492 e. The molecule has 176 valence electrons. The minimum atomic E-state index is -3.13. The van der Waals surface area contributed by atoms with E-state index < -0.39 is 10.0 Å². The van der Waals surface area contributed by atoms with E-state index in [-0.39, 0.29) is 17.9 Å². The molecule has 7 nitrogen and oxygen atoms in total. The highest BCUT2D eigenvalue weighted by molar-refractivity contribution is 7.88. The number of rotatable bonds is 8. The Morgan fingerprint density at radius 2 is 1.82 bits per heavy atom. The highest BCUT2D eigenvalue weighted by atomic mass is 32.2. The molecule has 2 bridgehead atoms. The lowest BCUT2D eigenvalue weighted by molar-refractivity contribution is 0.201. The van der Waals surface area contributed by atoms with Crippen molar-refractivity contribution in [2.45, 2.75) is 43.8 Å². The molecule has 0 spiro atoms. The van der Waals surface area contributed by atoms with Gasteiger partial charge in [-0.1, -0.05) is 17.4 Å². The lowest BCUT2D eigenvalue weighted by Crippen LogP contribution is -2.51. The highest BCUT2D eigenvalue weighted by Gasteiger charge is 2.44. The molecule has 33 heavy (non-hydrogen) atoms. The number of piperidine rings is 1. The van der Waals surface area contributed by atoms with E-state index in [9.17, 15) is 12.8 Å². The van der Waals surface area contributed by atoms with Crippen LogP contribution in [0.1, 0.15) is 25.7 Å². The molecule has 1 aromatic heterocycles. The van der Waals surface area contributed by atoms with Gasteiger partial charge in [0.2, 0.25) is 10.0 Å². The molecule has 2 fully saturated rings. The van der Waals surface area contributed by atoms with Crippen LogP contribution in [0.3, 0.4) is 0 Å². The van der Waals surface area contributed by atoms with Crippen LogP contribution in [0.25, 0.3) is 10.2 Å². The standard InChI is InChI=1S/C23H26FN3O4S2/c1-33(28,29)27-16-5-6-17(27)14-15(13-16)25-11-12-30-18-7-9-19(10-8-18)31-23-26-22-20(24)3-2-4-21(22)32-23/h2-4,7-10,15-17,25H,5-6,11-14H2,1H3. The Morgan fingerprint density at radius 1 is 1.12 bits per heavy atom. The monoisotopic (exact) mass is 491 g/mol. The lowest BCUT2D eigenvalue weighted by Gasteiger charge is -2.37. The van der Waals surface area contributed by atoms with Crippen molar-refractivity contribution in [3.63, 3.8) is 0 Å². The Labute approximate surface area is 196 Å². The zero-order valence-electron chi connectivity index (χ0n) is 18.2. The molecule has 2 unspecified atom stereocenters. The van der Waals surface area contributed by atoms with E-state index >= 15 is 0 Å². The fourth-order valence-corrected chi connectivity index (χ4v) is 7.23.